The lowest BCUT2D eigenvalue weighted by Crippen LogP contribution is -2.24. The maximum Gasteiger partial charge on any atom is 0.328 e. The normalized spacial score (nSPS) is 11.6. The van der Waals surface area contributed by atoms with Gasteiger partial charge < -0.3 is 5.53 Å². The summed E-state index contributed by atoms with van der Waals surface area (Å²) in [6, 6.07) is 10.3. The monoisotopic (exact) mass is 384 g/mol. The second kappa shape index (κ2) is 7.39. The molecule has 0 radical (unpaired) electrons. The van der Waals surface area contributed by atoms with E-state index in [4.69, 9.17) is 5.53 Å². The molecule has 6 nitrogen and oxygen atoms in total. The Morgan fingerprint density at radius 3 is 2.07 bits per heavy atom. The van der Waals surface area contributed by atoms with Crippen LogP contribution in [0.5, 0.6) is 0 Å². The van der Waals surface area contributed by atoms with Crippen molar-refractivity contribution in [3.63, 3.8) is 0 Å². The van der Waals surface area contributed by atoms with E-state index >= 15 is 0 Å². The minimum atomic E-state index is -4.17. The first-order chi connectivity index (χ1) is 12.5. The van der Waals surface area contributed by atoms with Gasteiger partial charge in [-0.15, -0.1) is 0 Å². The molecule has 0 heterocycles. The predicted octanol–water partition coefficient (Wildman–Crippen LogP) is 3.54. The summed E-state index contributed by atoms with van der Waals surface area (Å²) in [5.41, 5.74) is 8.41. The zero-order chi connectivity index (χ0) is 20.4. The first-order valence-electron chi connectivity index (χ1n) is 8.21. The van der Waals surface area contributed by atoms with Crippen LogP contribution in [0.4, 0.5) is 0 Å². The zero-order valence-electron chi connectivity index (χ0n) is 15.6. The number of rotatable bonds is 5. The van der Waals surface area contributed by atoms with Crippen molar-refractivity contribution < 1.29 is 22.8 Å². The van der Waals surface area contributed by atoms with Crippen LogP contribution in [0.15, 0.2) is 52.3 Å². The van der Waals surface area contributed by atoms with Crippen LogP contribution >= 0.6 is 0 Å². The van der Waals surface area contributed by atoms with E-state index in [9.17, 15) is 18.0 Å². The summed E-state index contributed by atoms with van der Waals surface area (Å²) in [6.07, 6.45) is 0.606. The summed E-state index contributed by atoms with van der Waals surface area (Å²) in [7, 11) is -4.17. The van der Waals surface area contributed by atoms with Gasteiger partial charge >= 0.3 is 6.21 Å². The molecule has 0 spiro atoms. The average molecular weight is 384 g/mol. The summed E-state index contributed by atoms with van der Waals surface area (Å²) in [4.78, 5) is 27.5. The molecule has 2 aromatic rings. The van der Waals surface area contributed by atoms with Crippen molar-refractivity contribution in [2.75, 3.05) is 0 Å². The van der Waals surface area contributed by atoms with Gasteiger partial charge in [0.1, 0.15) is 0 Å². The Morgan fingerprint density at radius 1 is 1.00 bits per heavy atom. The quantitative estimate of drug-likeness (QED) is 0.340. The van der Waals surface area contributed by atoms with Crippen LogP contribution in [0.25, 0.3) is 5.53 Å². The molecule has 140 valence electrons. The molecule has 0 aromatic heterocycles. The van der Waals surface area contributed by atoms with Crippen molar-refractivity contribution in [1.29, 1.82) is 0 Å². The topological polar surface area (TPSA) is 105 Å². The van der Waals surface area contributed by atoms with Crippen molar-refractivity contribution in [2.24, 2.45) is 5.41 Å². The maximum absolute atomic E-state index is 13.3. The highest BCUT2D eigenvalue weighted by molar-refractivity contribution is 7.91. The van der Waals surface area contributed by atoms with E-state index in [1.165, 1.54) is 30.3 Å². The molecule has 0 N–H and O–H groups in total. The maximum atomic E-state index is 13.3. The fourth-order valence-electron chi connectivity index (χ4n) is 2.56. The molecule has 0 saturated carbocycles. The number of ketones is 2. The number of carbonyl (C=O) groups is 2. The molecule has 0 aliphatic rings. The highest BCUT2D eigenvalue weighted by atomic mass is 32.2. The second-order valence-corrected chi connectivity index (χ2v) is 9.07. The van der Waals surface area contributed by atoms with Gasteiger partial charge in [0.15, 0.2) is 5.78 Å². The fraction of sp³-hybridized carbons (Fsp3) is 0.250. The Balaban J connectivity index is 2.89. The standard InChI is InChI=1S/C20H20N2O4S/c1-13-8-10-14(11-9-13)27(25,26)18-15(17(23)12-22-21)6-5-7-16(18)19(24)20(2,3)4/h5-12H,1-4H3. The smallest absolute Gasteiger partial charge is 0.328 e. The molecule has 2 aromatic carbocycles. The summed E-state index contributed by atoms with van der Waals surface area (Å²) in [6.45, 7) is 6.82. The molecule has 27 heavy (non-hydrogen) atoms. The van der Waals surface area contributed by atoms with E-state index in [1.54, 1.807) is 32.9 Å². The van der Waals surface area contributed by atoms with Gasteiger partial charge in [0, 0.05) is 16.5 Å². The highest BCUT2D eigenvalue weighted by Crippen LogP contribution is 2.32. The minimum Gasteiger partial charge on any atom is -0.361 e. The molecular weight excluding hydrogens is 364 g/mol. The molecule has 0 amide bonds. The Kier molecular flexibility index (Phi) is 5.59. The van der Waals surface area contributed by atoms with E-state index in [-0.39, 0.29) is 20.9 Å². The van der Waals surface area contributed by atoms with Gasteiger partial charge in [-0.25, -0.2) is 8.42 Å². The summed E-state index contributed by atoms with van der Waals surface area (Å²) in [5, 5.41) is 0. The Morgan fingerprint density at radius 2 is 1.56 bits per heavy atom. The van der Waals surface area contributed by atoms with Gasteiger partial charge in [0.05, 0.1) is 9.79 Å². The van der Waals surface area contributed by atoms with Gasteiger partial charge in [-0.1, -0.05) is 50.6 Å². The third-order valence-electron chi connectivity index (χ3n) is 3.98. The van der Waals surface area contributed by atoms with Crippen molar-refractivity contribution >= 4 is 27.6 Å². The van der Waals surface area contributed by atoms with Gasteiger partial charge in [-0.3, -0.25) is 9.59 Å². The lowest BCUT2D eigenvalue weighted by atomic mass is 9.86. The van der Waals surface area contributed by atoms with Gasteiger partial charge in [0.2, 0.25) is 9.84 Å². The van der Waals surface area contributed by atoms with Crippen LogP contribution in [0.3, 0.4) is 0 Å². The summed E-state index contributed by atoms with van der Waals surface area (Å²) >= 11 is 0. The van der Waals surface area contributed by atoms with E-state index in [0.29, 0.717) is 6.21 Å². The molecule has 0 fully saturated rings. The van der Waals surface area contributed by atoms with Crippen LogP contribution in [0, 0.1) is 12.3 Å². The van der Waals surface area contributed by atoms with Crippen LogP contribution in [-0.2, 0) is 9.84 Å². The van der Waals surface area contributed by atoms with E-state index in [0.717, 1.165) is 5.56 Å². The van der Waals surface area contributed by atoms with Crippen molar-refractivity contribution in [2.45, 2.75) is 37.5 Å². The van der Waals surface area contributed by atoms with Crippen LogP contribution in [0.2, 0.25) is 0 Å². The summed E-state index contributed by atoms with van der Waals surface area (Å²) < 4.78 is 26.6. The molecule has 2 rings (SSSR count). The Labute approximate surface area is 158 Å². The third-order valence-corrected chi connectivity index (χ3v) is 5.85. The SMILES string of the molecule is Cc1ccc(S(=O)(=O)c2c(C(=O)C=[N+]=[N-])cccc2C(=O)C(C)(C)C)cc1. The zero-order valence-corrected chi connectivity index (χ0v) is 16.4. The minimum absolute atomic E-state index is 0.0303. The first-order valence-corrected chi connectivity index (χ1v) is 9.70. The fourth-order valence-corrected chi connectivity index (χ4v) is 4.20. The van der Waals surface area contributed by atoms with Crippen molar-refractivity contribution in [1.82, 2.24) is 0 Å². The number of benzene rings is 2. The van der Waals surface area contributed by atoms with Gasteiger partial charge in [-0.2, -0.15) is 4.79 Å². The van der Waals surface area contributed by atoms with Crippen LogP contribution in [-0.4, -0.2) is 31.0 Å². The summed E-state index contributed by atoms with van der Waals surface area (Å²) in [5.74, 6) is -1.23. The van der Waals surface area contributed by atoms with E-state index < -0.39 is 26.8 Å². The molecule has 0 bridgehead atoms. The number of aryl methyl sites for hydroxylation is 1. The molecule has 7 heteroatoms. The van der Waals surface area contributed by atoms with Crippen LogP contribution in [0.1, 0.15) is 47.1 Å². The van der Waals surface area contributed by atoms with Crippen molar-refractivity contribution in [3.8, 4) is 0 Å². The molecule has 0 atom stereocenters. The average Bonchev–Trinajstić information content (AvgIpc) is 2.60. The van der Waals surface area contributed by atoms with Gasteiger partial charge in [0.25, 0.3) is 5.78 Å². The number of carbonyl (C=O) groups excluding carboxylic acids is 2. The number of hydrogen-bond donors (Lipinski definition) is 0. The number of hydrogen-bond acceptors (Lipinski definition) is 4. The number of Topliss-reactive ketones (excluding diaryl/α,β-unsaturated/α-hetero) is 2. The van der Waals surface area contributed by atoms with Crippen molar-refractivity contribution in [3.05, 3.63) is 64.7 Å². The molecule has 0 aliphatic heterocycles. The molecule has 0 saturated heterocycles. The van der Waals surface area contributed by atoms with E-state index in [1.807, 2.05) is 6.92 Å². The lowest BCUT2D eigenvalue weighted by Gasteiger charge is -2.20. The first kappa shape index (κ1) is 20.4. The molecule has 0 unspecified atom stereocenters. The third kappa shape index (κ3) is 4.10. The molecular formula is C20H20N2O4S. The largest absolute Gasteiger partial charge is 0.361 e. The van der Waals surface area contributed by atoms with Crippen LogP contribution < -0.4 is 0 Å². The highest BCUT2D eigenvalue weighted by Gasteiger charge is 2.34. The lowest BCUT2D eigenvalue weighted by molar-refractivity contribution is 0.00231. The van der Waals surface area contributed by atoms with E-state index in [2.05, 4.69) is 4.79 Å². The predicted molar refractivity (Wildman–Crippen MR) is 101 cm³/mol. The number of nitrogens with zero attached hydrogens (tertiary/aromatic N) is 2. The van der Waals surface area contributed by atoms with Gasteiger partial charge in [-0.05, 0) is 25.1 Å². The molecule has 0 aliphatic carbocycles. The Hall–Kier alpha value is -2.89. The Bertz CT molecular complexity index is 1060. The second-order valence-electron chi connectivity index (χ2n) is 7.19. The number of sulfone groups is 1.